The Balaban J connectivity index is 2.41. The maximum absolute atomic E-state index is 11.1. The number of carbonyl (C=O) groups excluding carboxylic acids is 2. The summed E-state index contributed by atoms with van der Waals surface area (Å²) in [5.41, 5.74) is 1.81. The zero-order chi connectivity index (χ0) is 14.8. The highest BCUT2D eigenvalue weighted by molar-refractivity contribution is 5.78. The van der Waals surface area contributed by atoms with E-state index in [1.54, 1.807) is 12.1 Å². The Bertz CT molecular complexity index is 501. The molecular weight excluding hydrogens is 256 g/mol. The lowest BCUT2D eigenvalue weighted by molar-refractivity contribution is -0.121. The highest BCUT2D eigenvalue weighted by Crippen LogP contribution is 2.04. The average molecular weight is 270 g/mol. The third-order valence-electron chi connectivity index (χ3n) is 2.48. The molecule has 6 nitrogen and oxygen atoms in total. The van der Waals surface area contributed by atoms with E-state index < -0.39 is 0 Å². The van der Waals surface area contributed by atoms with Crippen molar-refractivity contribution in [1.29, 1.82) is 10.5 Å². The van der Waals surface area contributed by atoms with Gasteiger partial charge in [0, 0.05) is 13.1 Å². The van der Waals surface area contributed by atoms with Gasteiger partial charge in [-0.3, -0.25) is 9.59 Å². The fourth-order valence-electron chi connectivity index (χ4n) is 1.44. The monoisotopic (exact) mass is 270 g/mol. The van der Waals surface area contributed by atoms with Crippen LogP contribution in [0.2, 0.25) is 0 Å². The second-order valence-electron chi connectivity index (χ2n) is 4.04. The summed E-state index contributed by atoms with van der Waals surface area (Å²) in [7, 11) is 0. The van der Waals surface area contributed by atoms with E-state index >= 15 is 0 Å². The molecule has 0 aliphatic rings. The summed E-state index contributed by atoms with van der Waals surface area (Å²) in [6.45, 7) is 0.725. The zero-order valence-electron chi connectivity index (χ0n) is 10.8. The summed E-state index contributed by atoms with van der Waals surface area (Å²) in [5.74, 6) is -0.610. The summed E-state index contributed by atoms with van der Waals surface area (Å²) in [6.07, 6.45) is -0.300. The first-order valence-corrected chi connectivity index (χ1v) is 6.01. The number of carbonyl (C=O) groups is 2. The molecule has 0 heterocycles. The van der Waals surface area contributed by atoms with Gasteiger partial charge in [0.2, 0.25) is 11.8 Å². The van der Waals surface area contributed by atoms with Gasteiger partial charge in [0.1, 0.15) is 12.8 Å². The fourth-order valence-corrected chi connectivity index (χ4v) is 1.44. The van der Waals surface area contributed by atoms with Crippen LogP contribution in [0.4, 0.5) is 0 Å². The predicted octanol–water partition coefficient (Wildman–Crippen LogP) is 0.746. The Morgan fingerprint density at radius 3 is 1.50 bits per heavy atom. The summed E-state index contributed by atoms with van der Waals surface area (Å²) in [6, 6.07) is 10.9. The van der Waals surface area contributed by atoms with Gasteiger partial charge in [0.05, 0.1) is 12.1 Å². The number of nitriles is 2. The van der Waals surface area contributed by atoms with Crippen molar-refractivity contribution in [2.45, 2.75) is 25.9 Å². The summed E-state index contributed by atoms with van der Waals surface area (Å²) >= 11 is 0. The van der Waals surface area contributed by atoms with Crippen molar-refractivity contribution in [1.82, 2.24) is 10.6 Å². The lowest BCUT2D eigenvalue weighted by atomic mass is 10.1. The topological polar surface area (TPSA) is 106 Å². The average Bonchev–Trinajstić information content (AvgIpc) is 2.45. The molecule has 0 saturated heterocycles. The lowest BCUT2D eigenvalue weighted by Gasteiger charge is -2.06. The van der Waals surface area contributed by atoms with Crippen molar-refractivity contribution in [3.8, 4) is 12.1 Å². The van der Waals surface area contributed by atoms with Crippen LogP contribution in [0.25, 0.3) is 0 Å². The van der Waals surface area contributed by atoms with Crippen LogP contribution in [-0.2, 0) is 22.7 Å². The molecule has 0 radical (unpaired) electrons. The Kier molecular flexibility index (Phi) is 6.29. The van der Waals surface area contributed by atoms with E-state index in [4.69, 9.17) is 10.5 Å². The van der Waals surface area contributed by atoms with Gasteiger partial charge in [-0.1, -0.05) is 24.3 Å². The highest BCUT2D eigenvalue weighted by Gasteiger charge is 2.02. The zero-order valence-corrected chi connectivity index (χ0v) is 10.8. The molecule has 0 spiro atoms. The van der Waals surface area contributed by atoms with Gasteiger partial charge < -0.3 is 10.6 Å². The van der Waals surface area contributed by atoms with Crippen LogP contribution >= 0.6 is 0 Å². The summed E-state index contributed by atoms with van der Waals surface area (Å²) < 4.78 is 0. The van der Waals surface area contributed by atoms with Gasteiger partial charge in [-0.25, -0.2) is 0 Å². The minimum absolute atomic E-state index is 0.150. The van der Waals surface area contributed by atoms with E-state index in [0.717, 1.165) is 11.1 Å². The largest absolute Gasteiger partial charge is 0.351 e. The van der Waals surface area contributed by atoms with Gasteiger partial charge in [0.25, 0.3) is 0 Å². The number of amides is 2. The third kappa shape index (κ3) is 5.65. The van der Waals surface area contributed by atoms with Gasteiger partial charge in [-0.15, -0.1) is 0 Å². The molecular formula is C14H14N4O2. The SMILES string of the molecule is N#CCC(=O)NCc1ccc(CNC(=O)CC#N)cc1. The van der Waals surface area contributed by atoms with E-state index in [1.807, 2.05) is 24.3 Å². The van der Waals surface area contributed by atoms with Crippen LogP contribution in [0.3, 0.4) is 0 Å². The molecule has 0 aliphatic heterocycles. The molecule has 102 valence electrons. The van der Waals surface area contributed by atoms with Crippen LogP contribution in [0.5, 0.6) is 0 Å². The van der Waals surface area contributed by atoms with E-state index in [2.05, 4.69) is 10.6 Å². The van der Waals surface area contributed by atoms with Crippen molar-refractivity contribution >= 4 is 11.8 Å². The van der Waals surface area contributed by atoms with E-state index in [1.165, 1.54) is 0 Å². The molecule has 0 bridgehead atoms. The molecule has 1 aromatic rings. The maximum atomic E-state index is 11.1. The summed E-state index contributed by atoms with van der Waals surface area (Å²) in [5, 5.41) is 21.9. The minimum atomic E-state index is -0.305. The third-order valence-corrected chi connectivity index (χ3v) is 2.48. The normalized spacial score (nSPS) is 9.10. The van der Waals surface area contributed by atoms with Crippen molar-refractivity contribution < 1.29 is 9.59 Å². The quantitative estimate of drug-likeness (QED) is 0.795. The smallest absolute Gasteiger partial charge is 0.234 e. The minimum Gasteiger partial charge on any atom is -0.351 e. The first kappa shape index (κ1) is 15.2. The second kappa shape index (κ2) is 8.28. The van der Waals surface area contributed by atoms with E-state index in [-0.39, 0.29) is 24.7 Å². The van der Waals surface area contributed by atoms with Crippen LogP contribution in [0.1, 0.15) is 24.0 Å². The van der Waals surface area contributed by atoms with Crippen LogP contribution in [0.15, 0.2) is 24.3 Å². The number of nitrogens with zero attached hydrogens (tertiary/aromatic N) is 2. The standard InChI is InChI=1S/C14H14N4O2/c15-7-5-13(19)17-9-11-1-2-12(4-3-11)10-18-14(20)6-8-16/h1-4H,5-6,9-10H2,(H,17,19)(H,18,20). The first-order valence-electron chi connectivity index (χ1n) is 6.01. The Labute approximate surface area is 117 Å². The number of hydrogen-bond acceptors (Lipinski definition) is 4. The van der Waals surface area contributed by atoms with Crippen LogP contribution in [0, 0.1) is 22.7 Å². The van der Waals surface area contributed by atoms with Crippen molar-refractivity contribution in [2.75, 3.05) is 0 Å². The molecule has 2 N–H and O–H groups in total. The van der Waals surface area contributed by atoms with Gasteiger partial charge in [-0.2, -0.15) is 10.5 Å². The number of hydrogen-bond donors (Lipinski definition) is 2. The Hall–Kier alpha value is -2.86. The van der Waals surface area contributed by atoms with Crippen molar-refractivity contribution in [3.05, 3.63) is 35.4 Å². The molecule has 0 fully saturated rings. The highest BCUT2D eigenvalue weighted by atomic mass is 16.2. The fraction of sp³-hybridized carbons (Fsp3) is 0.286. The molecule has 1 aromatic carbocycles. The van der Waals surface area contributed by atoms with Gasteiger partial charge in [0.15, 0.2) is 0 Å². The molecule has 2 amide bonds. The molecule has 0 atom stereocenters. The number of benzene rings is 1. The maximum Gasteiger partial charge on any atom is 0.234 e. The van der Waals surface area contributed by atoms with Crippen molar-refractivity contribution in [2.24, 2.45) is 0 Å². The molecule has 0 saturated carbocycles. The molecule has 0 aliphatic carbocycles. The molecule has 0 unspecified atom stereocenters. The van der Waals surface area contributed by atoms with E-state index in [0.29, 0.717) is 13.1 Å². The Morgan fingerprint density at radius 2 is 1.20 bits per heavy atom. The molecule has 6 heteroatoms. The molecule has 20 heavy (non-hydrogen) atoms. The molecule has 1 rings (SSSR count). The van der Waals surface area contributed by atoms with Gasteiger partial charge >= 0.3 is 0 Å². The lowest BCUT2D eigenvalue weighted by Crippen LogP contribution is -2.22. The van der Waals surface area contributed by atoms with Gasteiger partial charge in [-0.05, 0) is 11.1 Å². The van der Waals surface area contributed by atoms with E-state index in [9.17, 15) is 9.59 Å². The second-order valence-corrected chi connectivity index (χ2v) is 4.04. The van der Waals surface area contributed by atoms with Crippen molar-refractivity contribution in [3.63, 3.8) is 0 Å². The van der Waals surface area contributed by atoms with Crippen LogP contribution < -0.4 is 10.6 Å². The predicted molar refractivity (Wildman–Crippen MR) is 70.6 cm³/mol. The first-order chi connectivity index (χ1) is 9.65. The summed E-state index contributed by atoms with van der Waals surface area (Å²) in [4.78, 5) is 22.2. The number of nitrogens with one attached hydrogen (secondary N) is 2. The Morgan fingerprint density at radius 1 is 0.850 bits per heavy atom. The number of rotatable bonds is 6. The molecule has 0 aromatic heterocycles. The van der Waals surface area contributed by atoms with Crippen LogP contribution in [-0.4, -0.2) is 11.8 Å².